The third kappa shape index (κ3) is 4.78. The largest absolute Gasteiger partial charge is 0.383 e. The molecule has 5 rings (SSSR count). The molecular formula is C31H35N3O3S. The molecule has 0 radical (unpaired) electrons. The maximum absolute atomic E-state index is 13.8. The number of aryl methyl sites for hydroxylation is 1. The van der Waals surface area contributed by atoms with Gasteiger partial charge in [-0.3, -0.25) is 4.90 Å². The molecule has 0 bridgehead atoms. The number of nitrogens with zero attached hydrogens (tertiary/aromatic N) is 3. The molecule has 198 valence electrons. The van der Waals surface area contributed by atoms with Gasteiger partial charge in [-0.1, -0.05) is 54.6 Å². The van der Waals surface area contributed by atoms with E-state index in [9.17, 15) is 13.7 Å². The van der Waals surface area contributed by atoms with Gasteiger partial charge in [0.05, 0.1) is 17.1 Å². The summed E-state index contributed by atoms with van der Waals surface area (Å²) in [5.41, 5.74) is 6.37. The fourth-order valence-electron chi connectivity index (χ4n) is 6.15. The Morgan fingerprint density at radius 2 is 1.71 bits per heavy atom. The molecule has 6 nitrogen and oxygen atoms in total. The maximum atomic E-state index is 13.8. The molecule has 3 aromatic carbocycles. The number of ether oxygens (including phenoxy) is 1. The highest BCUT2D eigenvalue weighted by Gasteiger charge is 2.50. The number of sulfonamides is 1. The highest BCUT2D eigenvalue weighted by molar-refractivity contribution is 7.89. The molecule has 1 unspecified atom stereocenters. The molecule has 3 aromatic rings. The predicted octanol–water partition coefficient (Wildman–Crippen LogP) is 5.11. The molecule has 0 N–H and O–H groups in total. The van der Waals surface area contributed by atoms with Crippen molar-refractivity contribution in [2.75, 3.05) is 33.4 Å². The van der Waals surface area contributed by atoms with E-state index in [2.05, 4.69) is 67.3 Å². The molecule has 2 heterocycles. The molecule has 7 heteroatoms. The molecule has 0 amide bonds. The minimum atomic E-state index is -3.80. The van der Waals surface area contributed by atoms with Crippen LogP contribution in [0.1, 0.15) is 41.0 Å². The van der Waals surface area contributed by atoms with E-state index in [0.717, 1.165) is 19.4 Å². The van der Waals surface area contributed by atoms with Gasteiger partial charge in [0, 0.05) is 38.2 Å². The third-order valence-electron chi connectivity index (χ3n) is 8.32. The second kappa shape index (κ2) is 11.0. The van der Waals surface area contributed by atoms with Crippen LogP contribution in [0.2, 0.25) is 0 Å². The van der Waals surface area contributed by atoms with Crippen LogP contribution >= 0.6 is 0 Å². The SMILES string of the molecule is COCC1[C@@H](c2ccc(-c3cccc(C)c3C)cc2)[C@@H]2CN(S(=O)(=O)c3ccccc3C#N)CCCCN12. The van der Waals surface area contributed by atoms with E-state index in [1.807, 2.05) is 0 Å². The Bertz CT molecular complexity index is 1450. The first kappa shape index (κ1) is 26.6. The average Bonchev–Trinajstić information content (AvgIpc) is 2.91. The van der Waals surface area contributed by atoms with Gasteiger partial charge in [0.2, 0.25) is 10.0 Å². The minimum absolute atomic E-state index is 0.0472. The van der Waals surface area contributed by atoms with E-state index in [4.69, 9.17) is 4.74 Å². The van der Waals surface area contributed by atoms with E-state index >= 15 is 0 Å². The zero-order valence-electron chi connectivity index (χ0n) is 22.3. The standard InChI is InChI=1S/C31H35N3O3S/c1-22-9-8-11-27(23(22)2)24-13-15-25(16-14-24)31-28-20-33(17-6-7-18-34(28)29(31)21-37-3)38(35,36)30-12-5-4-10-26(30)19-32/h4-5,8-16,28-29,31H,6-7,17-18,20-21H2,1-3H3/t28-,29?,31-/m0/s1. The highest BCUT2D eigenvalue weighted by Crippen LogP contribution is 2.43. The van der Waals surface area contributed by atoms with E-state index < -0.39 is 10.0 Å². The summed E-state index contributed by atoms with van der Waals surface area (Å²) in [7, 11) is -2.07. The van der Waals surface area contributed by atoms with Crippen molar-refractivity contribution in [3.63, 3.8) is 0 Å². The van der Waals surface area contributed by atoms with Crippen molar-refractivity contribution in [2.45, 2.75) is 49.6 Å². The normalized spacial score (nSPS) is 22.5. The zero-order valence-corrected chi connectivity index (χ0v) is 23.1. The average molecular weight is 530 g/mol. The molecule has 38 heavy (non-hydrogen) atoms. The van der Waals surface area contributed by atoms with Crippen molar-refractivity contribution in [2.24, 2.45) is 0 Å². The molecule has 2 fully saturated rings. The first-order valence-corrected chi connectivity index (χ1v) is 14.7. The quantitative estimate of drug-likeness (QED) is 0.444. The number of fused-ring (bicyclic) bond motifs is 1. The summed E-state index contributed by atoms with van der Waals surface area (Å²) in [6.45, 7) is 6.67. The van der Waals surface area contributed by atoms with Gasteiger partial charge < -0.3 is 4.74 Å². The van der Waals surface area contributed by atoms with Crippen LogP contribution in [-0.2, 0) is 14.8 Å². The predicted molar refractivity (Wildman–Crippen MR) is 149 cm³/mol. The van der Waals surface area contributed by atoms with Crippen LogP contribution in [0.5, 0.6) is 0 Å². The number of methoxy groups -OCH3 is 1. The van der Waals surface area contributed by atoms with Gasteiger partial charge in [-0.25, -0.2) is 8.42 Å². The van der Waals surface area contributed by atoms with E-state index in [1.165, 1.54) is 27.8 Å². The van der Waals surface area contributed by atoms with Gasteiger partial charge in [-0.05, 0) is 73.2 Å². The number of nitriles is 1. The molecule has 0 saturated carbocycles. The molecule has 0 aliphatic carbocycles. The minimum Gasteiger partial charge on any atom is -0.383 e. The Morgan fingerprint density at radius 1 is 0.974 bits per heavy atom. The van der Waals surface area contributed by atoms with Crippen molar-refractivity contribution in [3.8, 4) is 17.2 Å². The Balaban J connectivity index is 1.46. The number of hydrogen-bond acceptors (Lipinski definition) is 5. The van der Waals surface area contributed by atoms with Crippen LogP contribution in [0.25, 0.3) is 11.1 Å². The van der Waals surface area contributed by atoms with Crippen molar-refractivity contribution >= 4 is 10.0 Å². The number of benzene rings is 3. The van der Waals surface area contributed by atoms with Crippen molar-refractivity contribution in [1.82, 2.24) is 9.21 Å². The smallest absolute Gasteiger partial charge is 0.244 e. The molecule has 3 atom stereocenters. The Hall–Kier alpha value is -3.02. The lowest BCUT2D eigenvalue weighted by molar-refractivity contribution is -0.0635. The van der Waals surface area contributed by atoms with Crippen molar-refractivity contribution in [1.29, 1.82) is 5.26 Å². The molecule has 2 aliphatic heterocycles. The summed E-state index contributed by atoms with van der Waals surface area (Å²) >= 11 is 0. The van der Waals surface area contributed by atoms with E-state index in [0.29, 0.717) is 19.7 Å². The van der Waals surface area contributed by atoms with E-state index in [-0.39, 0.29) is 28.5 Å². The van der Waals surface area contributed by atoms with Gasteiger partial charge in [0.15, 0.2) is 0 Å². The number of rotatable bonds is 6. The summed E-state index contributed by atoms with van der Waals surface area (Å²) < 4.78 is 34.7. The lowest BCUT2D eigenvalue weighted by Gasteiger charge is -2.57. The van der Waals surface area contributed by atoms with Crippen LogP contribution in [0, 0.1) is 25.2 Å². The highest BCUT2D eigenvalue weighted by atomic mass is 32.2. The van der Waals surface area contributed by atoms with Gasteiger partial charge >= 0.3 is 0 Å². The fourth-order valence-corrected chi connectivity index (χ4v) is 7.79. The molecule has 2 aliphatic rings. The number of hydrogen-bond donors (Lipinski definition) is 0. The van der Waals surface area contributed by atoms with Crippen LogP contribution in [-0.4, -0.2) is 63.1 Å². The monoisotopic (exact) mass is 529 g/mol. The molecule has 2 saturated heterocycles. The first-order chi connectivity index (χ1) is 18.4. The van der Waals surface area contributed by atoms with Crippen LogP contribution < -0.4 is 0 Å². The Labute approximate surface area is 226 Å². The lowest BCUT2D eigenvalue weighted by atomic mass is 9.74. The van der Waals surface area contributed by atoms with Crippen LogP contribution in [0.3, 0.4) is 0 Å². The van der Waals surface area contributed by atoms with E-state index in [1.54, 1.807) is 35.7 Å². The zero-order chi connectivity index (χ0) is 26.9. The first-order valence-electron chi connectivity index (χ1n) is 13.3. The topological polar surface area (TPSA) is 73.6 Å². The Morgan fingerprint density at radius 3 is 2.45 bits per heavy atom. The lowest BCUT2D eigenvalue weighted by Crippen LogP contribution is -2.68. The summed E-state index contributed by atoms with van der Waals surface area (Å²) in [4.78, 5) is 2.52. The molecule has 0 spiro atoms. The van der Waals surface area contributed by atoms with Gasteiger partial charge in [0.1, 0.15) is 6.07 Å². The van der Waals surface area contributed by atoms with Gasteiger partial charge in [0.25, 0.3) is 0 Å². The Kier molecular flexibility index (Phi) is 7.69. The van der Waals surface area contributed by atoms with Crippen LogP contribution in [0.15, 0.2) is 71.6 Å². The summed E-state index contributed by atoms with van der Waals surface area (Å²) in [5.74, 6) is 0.157. The fraction of sp³-hybridized carbons (Fsp3) is 0.387. The van der Waals surface area contributed by atoms with Crippen LogP contribution in [0.4, 0.5) is 0 Å². The third-order valence-corrected chi connectivity index (χ3v) is 10.2. The maximum Gasteiger partial charge on any atom is 0.244 e. The summed E-state index contributed by atoms with van der Waals surface area (Å²) in [5, 5.41) is 9.55. The molecular weight excluding hydrogens is 494 g/mol. The summed E-state index contributed by atoms with van der Waals surface area (Å²) in [6.07, 6.45) is 1.70. The second-order valence-corrected chi connectivity index (χ2v) is 12.3. The van der Waals surface area contributed by atoms with Gasteiger partial charge in [-0.15, -0.1) is 0 Å². The second-order valence-electron chi connectivity index (χ2n) is 10.4. The summed E-state index contributed by atoms with van der Waals surface area (Å²) in [6, 6.07) is 24.0. The van der Waals surface area contributed by atoms with Gasteiger partial charge in [-0.2, -0.15) is 9.57 Å². The molecule has 0 aromatic heterocycles. The van der Waals surface area contributed by atoms with Crippen molar-refractivity contribution < 1.29 is 13.2 Å². The van der Waals surface area contributed by atoms with Crippen molar-refractivity contribution in [3.05, 3.63) is 89.0 Å².